The second-order valence-electron chi connectivity index (χ2n) is 16.8. The van der Waals surface area contributed by atoms with Crippen LogP contribution in [-0.4, -0.2) is 47.4 Å². The monoisotopic (exact) mass is 790 g/mol. The molecule has 0 aromatic rings. The van der Waals surface area contributed by atoms with Gasteiger partial charge in [0, 0.05) is 12.8 Å². The van der Waals surface area contributed by atoms with Crippen LogP contribution in [0.2, 0.25) is 0 Å². The van der Waals surface area contributed by atoms with Crippen LogP contribution in [0.4, 0.5) is 0 Å². The van der Waals surface area contributed by atoms with Gasteiger partial charge >= 0.3 is 5.97 Å². The lowest BCUT2D eigenvalue weighted by atomic mass is 10.0. The first-order valence-electron chi connectivity index (χ1n) is 24.6. The molecule has 0 fully saturated rings. The smallest absolute Gasteiger partial charge is 0.305 e. The van der Waals surface area contributed by atoms with Gasteiger partial charge in [0.25, 0.3) is 0 Å². The Kier molecular flexibility index (Phi) is 44.7. The number of rotatable bonds is 45. The lowest BCUT2D eigenvalue weighted by Crippen LogP contribution is -2.45. The van der Waals surface area contributed by atoms with Crippen molar-refractivity contribution in [1.82, 2.24) is 5.32 Å². The van der Waals surface area contributed by atoms with E-state index in [-0.39, 0.29) is 18.5 Å². The topological polar surface area (TPSA) is 95.9 Å². The fraction of sp³-hybridized carbons (Fsp3) is 0.880. The van der Waals surface area contributed by atoms with E-state index >= 15 is 0 Å². The number of allylic oxidation sites excluding steroid dienone is 3. The quantitative estimate of drug-likeness (QED) is 0.0324. The first-order chi connectivity index (χ1) is 27.5. The summed E-state index contributed by atoms with van der Waals surface area (Å²) in [6, 6.07) is -0.664. The van der Waals surface area contributed by atoms with Crippen LogP contribution >= 0.6 is 0 Å². The number of aliphatic hydroxyl groups excluding tert-OH is 2. The summed E-state index contributed by atoms with van der Waals surface area (Å²) in [6.07, 6.45) is 53.2. The molecular weight excluding hydrogens is 695 g/mol. The fourth-order valence-electron chi connectivity index (χ4n) is 7.40. The van der Waals surface area contributed by atoms with Gasteiger partial charge in [-0.05, 0) is 51.4 Å². The van der Waals surface area contributed by atoms with Crippen LogP contribution in [0.3, 0.4) is 0 Å². The molecule has 6 heteroatoms. The molecule has 0 bridgehead atoms. The summed E-state index contributed by atoms with van der Waals surface area (Å²) in [6.45, 7) is 4.81. The van der Waals surface area contributed by atoms with Gasteiger partial charge in [0.05, 0.1) is 25.4 Å². The van der Waals surface area contributed by atoms with Gasteiger partial charge in [-0.1, -0.05) is 218 Å². The number of nitrogens with one attached hydrogen (secondary N) is 1. The maximum absolute atomic E-state index is 12.4. The molecule has 330 valence electrons. The summed E-state index contributed by atoms with van der Waals surface area (Å²) in [5, 5.41) is 23.0. The van der Waals surface area contributed by atoms with Crippen LogP contribution in [-0.2, 0) is 14.3 Å². The first kappa shape index (κ1) is 54.3. The summed E-state index contributed by atoms with van der Waals surface area (Å²) in [5.41, 5.74) is 0. The molecule has 0 aliphatic rings. The summed E-state index contributed by atoms with van der Waals surface area (Å²) < 4.78 is 5.41. The van der Waals surface area contributed by atoms with E-state index in [1.165, 1.54) is 161 Å². The van der Waals surface area contributed by atoms with Gasteiger partial charge in [-0.3, -0.25) is 9.59 Å². The maximum Gasteiger partial charge on any atom is 0.305 e. The number of esters is 1. The van der Waals surface area contributed by atoms with E-state index in [0.717, 1.165) is 70.6 Å². The Morgan fingerprint density at radius 1 is 0.482 bits per heavy atom. The van der Waals surface area contributed by atoms with Crippen molar-refractivity contribution in [3.63, 3.8) is 0 Å². The second-order valence-corrected chi connectivity index (χ2v) is 16.8. The molecule has 0 rings (SSSR count). The molecule has 0 aliphatic heterocycles. The number of aliphatic hydroxyl groups is 2. The number of ether oxygens (including phenoxy) is 1. The fourth-order valence-corrected chi connectivity index (χ4v) is 7.40. The van der Waals surface area contributed by atoms with Gasteiger partial charge in [-0.25, -0.2) is 0 Å². The Hall–Kier alpha value is -1.66. The molecule has 3 N–H and O–H groups in total. The third kappa shape index (κ3) is 42.0. The summed E-state index contributed by atoms with van der Waals surface area (Å²) >= 11 is 0. The maximum atomic E-state index is 12.4. The molecule has 0 aliphatic carbocycles. The van der Waals surface area contributed by atoms with Gasteiger partial charge in [-0.15, -0.1) is 0 Å². The average molecular weight is 790 g/mol. The van der Waals surface area contributed by atoms with Gasteiger partial charge in [0.15, 0.2) is 0 Å². The van der Waals surface area contributed by atoms with Crippen molar-refractivity contribution < 1.29 is 24.5 Å². The first-order valence-corrected chi connectivity index (χ1v) is 24.6. The molecule has 6 nitrogen and oxygen atoms in total. The van der Waals surface area contributed by atoms with E-state index in [0.29, 0.717) is 19.4 Å². The zero-order valence-corrected chi connectivity index (χ0v) is 37.4. The second kappa shape index (κ2) is 46.0. The Balaban J connectivity index is 3.59. The number of hydrogen-bond donors (Lipinski definition) is 3. The van der Waals surface area contributed by atoms with Crippen molar-refractivity contribution in [3.8, 4) is 0 Å². The zero-order valence-electron chi connectivity index (χ0n) is 37.4. The standard InChI is InChI=1S/C50H95NO5/c1-3-5-7-9-11-13-15-16-17-18-19-20-21-22-24-26-30-34-38-42-48(53)47(46-52)51-49(54)43-39-35-31-27-25-29-33-37-41-45-56-50(55)44-40-36-32-28-23-14-12-10-8-6-4-2/h27,31,38,42,47-48,52-53H,3-26,28-30,32-37,39-41,43-46H2,1-2H3,(H,51,54)/b31-27-,42-38+. The van der Waals surface area contributed by atoms with E-state index in [1.54, 1.807) is 6.08 Å². The Labute approximate surface area is 348 Å². The lowest BCUT2D eigenvalue weighted by molar-refractivity contribution is -0.143. The van der Waals surface area contributed by atoms with Crippen molar-refractivity contribution in [2.75, 3.05) is 13.2 Å². The minimum Gasteiger partial charge on any atom is -0.466 e. The zero-order chi connectivity index (χ0) is 40.8. The Bertz CT molecular complexity index is 874. The highest BCUT2D eigenvalue weighted by atomic mass is 16.5. The molecule has 0 spiro atoms. The number of carbonyl (C=O) groups is 2. The number of unbranched alkanes of at least 4 members (excludes halogenated alkanes) is 32. The van der Waals surface area contributed by atoms with Crippen LogP contribution in [0.25, 0.3) is 0 Å². The molecule has 2 atom stereocenters. The van der Waals surface area contributed by atoms with Crippen LogP contribution in [0.1, 0.15) is 258 Å². The molecular formula is C50H95NO5. The summed E-state index contributed by atoms with van der Waals surface area (Å²) in [4.78, 5) is 24.4. The largest absolute Gasteiger partial charge is 0.466 e. The number of hydrogen-bond acceptors (Lipinski definition) is 5. The Morgan fingerprint density at radius 2 is 0.857 bits per heavy atom. The molecule has 0 radical (unpaired) electrons. The van der Waals surface area contributed by atoms with E-state index in [1.807, 2.05) is 6.08 Å². The molecule has 0 saturated heterocycles. The average Bonchev–Trinajstić information content (AvgIpc) is 3.20. The SMILES string of the molecule is CCCCCCCCCCCCCCCCCCC/C=C/C(O)C(CO)NC(=O)CCC/C=C\CCCCCCOC(=O)CCCCCCCCCCCCC. The van der Waals surface area contributed by atoms with Crippen molar-refractivity contribution >= 4 is 11.9 Å². The van der Waals surface area contributed by atoms with E-state index < -0.39 is 12.1 Å². The highest BCUT2D eigenvalue weighted by molar-refractivity contribution is 5.76. The molecule has 0 aromatic carbocycles. The molecule has 1 amide bonds. The van der Waals surface area contributed by atoms with E-state index in [4.69, 9.17) is 4.74 Å². The third-order valence-electron chi connectivity index (χ3n) is 11.2. The molecule has 2 unspecified atom stereocenters. The number of amides is 1. The van der Waals surface area contributed by atoms with Crippen LogP contribution in [0.5, 0.6) is 0 Å². The third-order valence-corrected chi connectivity index (χ3v) is 11.2. The van der Waals surface area contributed by atoms with Gasteiger partial charge in [-0.2, -0.15) is 0 Å². The lowest BCUT2D eigenvalue weighted by Gasteiger charge is -2.19. The van der Waals surface area contributed by atoms with E-state index in [9.17, 15) is 19.8 Å². The minimum atomic E-state index is -0.874. The molecule has 56 heavy (non-hydrogen) atoms. The summed E-state index contributed by atoms with van der Waals surface area (Å²) in [7, 11) is 0. The highest BCUT2D eigenvalue weighted by Crippen LogP contribution is 2.16. The number of carbonyl (C=O) groups excluding carboxylic acids is 2. The molecule has 0 heterocycles. The van der Waals surface area contributed by atoms with Crippen molar-refractivity contribution in [2.45, 2.75) is 270 Å². The highest BCUT2D eigenvalue weighted by Gasteiger charge is 2.17. The normalized spacial score (nSPS) is 12.9. The van der Waals surface area contributed by atoms with E-state index in [2.05, 4.69) is 31.3 Å². The van der Waals surface area contributed by atoms with Gasteiger partial charge in [0.2, 0.25) is 5.91 Å². The van der Waals surface area contributed by atoms with Crippen molar-refractivity contribution in [2.24, 2.45) is 0 Å². The predicted octanol–water partition coefficient (Wildman–Crippen LogP) is 14.3. The van der Waals surface area contributed by atoms with Gasteiger partial charge in [0.1, 0.15) is 0 Å². The minimum absolute atomic E-state index is 0.0384. The molecule has 0 aromatic heterocycles. The Morgan fingerprint density at radius 3 is 1.30 bits per heavy atom. The van der Waals surface area contributed by atoms with Crippen LogP contribution < -0.4 is 5.32 Å². The van der Waals surface area contributed by atoms with Crippen LogP contribution in [0, 0.1) is 0 Å². The van der Waals surface area contributed by atoms with Gasteiger partial charge < -0.3 is 20.3 Å². The van der Waals surface area contributed by atoms with Crippen molar-refractivity contribution in [1.29, 1.82) is 0 Å². The van der Waals surface area contributed by atoms with Crippen LogP contribution in [0.15, 0.2) is 24.3 Å². The summed E-state index contributed by atoms with van der Waals surface area (Å²) in [5.74, 6) is -0.166. The molecule has 0 saturated carbocycles. The predicted molar refractivity (Wildman–Crippen MR) is 241 cm³/mol. The van der Waals surface area contributed by atoms with Crippen molar-refractivity contribution in [3.05, 3.63) is 24.3 Å².